The number of halogens is 1. The quantitative estimate of drug-likeness (QED) is 0.791. The van der Waals surface area contributed by atoms with Crippen LogP contribution in [0.4, 0.5) is 5.69 Å². The van der Waals surface area contributed by atoms with Gasteiger partial charge in [-0.05, 0) is 55.9 Å². The van der Waals surface area contributed by atoms with Crippen molar-refractivity contribution in [3.8, 4) is 0 Å². The van der Waals surface area contributed by atoms with Gasteiger partial charge in [0.15, 0.2) is 5.11 Å². The first kappa shape index (κ1) is 17.6. The maximum Gasteiger partial charge on any atom is 0.235 e. The number of nitrogens with one attached hydrogen (secondary N) is 2. The monoisotopic (exact) mass is 371 g/mol. The van der Waals surface area contributed by atoms with E-state index in [0.29, 0.717) is 15.8 Å². The number of benzene rings is 2. The molecule has 0 aromatic heterocycles. The third-order valence-electron chi connectivity index (χ3n) is 4.17. The fraction of sp³-hybridized carbons (Fsp3) is 0.211. The van der Waals surface area contributed by atoms with Crippen LogP contribution in [0.2, 0.25) is 5.02 Å². The third-order valence-corrected chi connectivity index (χ3v) is 4.63. The van der Waals surface area contributed by atoms with Gasteiger partial charge in [0.05, 0.1) is 6.04 Å². The van der Waals surface area contributed by atoms with E-state index < -0.39 is 5.92 Å². The van der Waals surface area contributed by atoms with Gasteiger partial charge in [-0.2, -0.15) is 0 Å². The van der Waals surface area contributed by atoms with Crippen LogP contribution < -0.4 is 10.6 Å². The smallest absolute Gasteiger partial charge is 0.235 e. The van der Waals surface area contributed by atoms with E-state index in [-0.39, 0.29) is 11.9 Å². The minimum Gasteiger partial charge on any atom is -0.353 e. The van der Waals surface area contributed by atoms with Crippen LogP contribution in [0.5, 0.6) is 0 Å². The Morgan fingerprint density at radius 1 is 1.12 bits per heavy atom. The Hall–Kier alpha value is -2.24. The SMILES string of the molecule is CC1=NC(=S)NC(c2ccc(Cl)cc2)C1C(=O)Nc1ccc(C)cc1. The number of hydrogen-bond acceptors (Lipinski definition) is 2. The van der Waals surface area contributed by atoms with E-state index in [2.05, 4.69) is 15.6 Å². The van der Waals surface area contributed by atoms with Crippen molar-refractivity contribution in [1.29, 1.82) is 0 Å². The predicted molar refractivity (Wildman–Crippen MR) is 106 cm³/mol. The van der Waals surface area contributed by atoms with Gasteiger partial charge in [-0.3, -0.25) is 4.79 Å². The molecule has 4 nitrogen and oxygen atoms in total. The standard InChI is InChI=1S/C19H18ClN3OS/c1-11-3-9-15(10-4-11)22-18(24)16-12(2)21-19(25)23-17(16)13-5-7-14(20)8-6-13/h3-10,16-17H,1-2H3,(H,22,24)(H,23,25). The number of rotatable bonds is 3. The molecule has 2 aromatic rings. The molecule has 0 aliphatic carbocycles. The van der Waals surface area contributed by atoms with Crippen LogP contribution in [0, 0.1) is 12.8 Å². The Labute approximate surface area is 157 Å². The number of thiocarbonyl (C=S) groups is 1. The van der Waals surface area contributed by atoms with Crippen LogP contribution in [-0.4, -0.2) is 16.7 Å². The zero-order valence-electron chi connectivity index (χ0n) is 13.9. The van der Waals surface area contributed by atoms with Crippen LogP contribution in [0.3, 0.4) is 0 Å². The number of carbonyl (C=O) groups is 1. The first-order valence-corrected chi connectivity index (χ1v) is 8.71. The van der Waals surface area contributed by atoms with Crippen LogP contribution in [0.25, 0.3) is 0 Å². The highest BCUT2D eigenvalue weighted by atomic mass is 35.5. The van der Waals surface area contributed by atoms with Gasteiger partial charge in [0.2, 0.25) is 5.91 Å². The van der Waals surface area contributed by atoms with Gasteiger partial charge >= 0.3 is 0 Å². The average Bonchev–Trinajstić information content (AvgIpc) is 2.57. The van der Waals surface area contributed by atoms with Crippen molar-refractivity contribution >= 4 is 46.2 Å². The molecule has 1 aliphatic rings. The second-order valence-corrected chi connectivity index (χ2v) is 6.89. The van der Waals surface area contributed by atoms with Gasteiger partial charge in [-0.25, -0.2) is 4.99 Å². The summed E-state index contributed by atoms with van der Waals surface area (Å²) in [5.74, 6) is -0.589. The van der Waals surface area contributed by atoms with Crippen molar-refractivity contribution in [3.05, 3.63) is 64.7 Å². The molecular formula is C19H18ClN3OS. The third kappa shape index (κ3) is 4.06. The molecule has 1 amide bonds. The molecule has 128 valence electrons. The number of amides is 1. The molecule has 0 bridgehead atoms. The lowest BCUT2D eigenvalue weighted by Gasteiger charge is -2.31. The highest BCUT2D eigenvalue weighted by Gasteiger charge is 2.35. The summed E-state index contributed by atoms with van der Waals surface area (Å²) in [5.41, 5.74) is 3.52. The molecule has 0 spiro atoms. The maximum absolute atomic E-state index is 12.9. The second kappa shape index (κ2) is 7.33. The predicted octanol–water partition coefficient (Wildman–Crippen LogP) is 4.29. The number of aliphatic imine (C=N–C) groups is 1. The second-order valence-electron chi connectivity index (χ2n) is 6.06. The first-order valence-electron chi connectivity index (χ1n) is 7.93. The molecule has 1 aliphatic heterocycles. The first-order chi connectivity index (χ1) is 11.9. The van der Waals surface area contributed by atoms with Gasteiger partial charge in [0, 0.05) is 16.4 Å². The average molecular weight is 372 g/mol. The Kier molecular flexibility index (Phi) is 5.16. The van der Waals surface area contributed by atoms with Gasteiger partial charge in [0.1, 0.15) is 5.92 Å². The molecule has 3 rings (SSSR count). The van der Waals surface area contributed by atoms with Crippen LogP contribution in [0.15, 0.2) is 53.5 Å². The number of nitrogens with zero attached hydrogens (tertiary/aromatic N) is 1. The van der Waals surface area contributed by atoms with Crippen molar-refractivity contribution in [2.45, 2.75) is 19.9 Å². The van der Waals surface area contributed by atoms with E-state index in [1.165, 1.54) is 0 Å². The highest BCUT2D eigenvalue weighted by Crippen LogP contribution is 2.29. The minimum atomic E-state index is -0.464. The maximum atomic E-state index is 12.9. The Morgan fingerprint density at radius 2 is 1.76 bits per heavy atom. The van der Waals surface area contributed by atoms with Crippen molar-refractivity contribution in [2.75, 3.05) is 5.32 Å². The molecule has 1 heterocycles. The van der Waals surface area contributed by atoms with Crippen molar-refractivity contribution < 1.29 is 4.79 Å². The number of carbonyl (C=O) groups excluding carboxylic acids is 1. The van der Waals surface area contributed by atoms with Crippen molar-refractivity contribution in [3.63, 3.8) is 0 Å². The molecule has 2 unspecified atom stereocenters. The fourth-order valence-electron chi connectivity index (χ4n) is 2.86. The summed E-state index contributed by atoms with van der Waals surface area (Å²) < 4.78 is 0. The molecule has 6 heteroatoms. The summed E-state index contributed by atoms with van der Waals surface area (Å²) >= 11 is 11.2. The number of hydrogen-bond donors (Lipinski definition) is 2. The zero-order valence-corrected chi connectivity index (χ0v) is 15.5. The molecular weight excluding hydrogens is 354 g/mol. The van der Waals surface area contributed by atoms with E-state index in [4.69, 9.17) is 23.8 Å². The topological polar surface area (TPSA) is 53.5 Å². The normalized spacial score (nSPS) is 19.8. The molecule has 0 saturated heterocycles. The van der Waals surface area contributed by atoms with Gasteiger partial charge < -0.3 is 10.6 Å². The summed E-state index contributed by atoms with van der Waals surface area (Å²) in [7, 11) is 0. The Morgan fingerprint density at radius 3 is 2.40 bits per heavy atom. The van der Waals surface area contributed by atoms with Gasteiger partial charge in [-0.15, -0.1) is 0 Å². The van der Waals surface area contributed by atoms with E-state index in [0.717, 1.165) is 16.8 Å². The number of aryl methyl sites for hydroxylation is 1. The summed E-state index contributed by atoms with van der Waals surface area (Å²) in [6.07, 6.45) is 0. The highest BCUT2D eigenvalue weighted by molar-refractivity contribution is 7.80. The zero-order chi connectivity index (χ0) is 18.0. The van der Waals surface area contributed by atoms with Crippen molar-refractivity contribution in [2.24, 2.45) is 10.9 Å². The molecule has 25 heavy (non-hydrogen) atoms. The van der Waals surface area contributed by atoms with Crippen LogP contribution in [0.1, 0.15) is 24.1 Å². The molecule has 2 N–H and O–H groups in total. The summed E-state index contributed by atoms with van der Waals surface area (Å²) in [6.45, 7) is 3.83. The van der Waals surface area contributed by atoms with E-state index in [1.807, 2.05) is 50.2 Å². The Bertz CT molecular complexity index is 831. The van der Waals surface area contributed by atoms with Crippen LogP contribution >= 0.6 is 23.8 Å². The van der Waals surface area contributed by atoms with E-state index >= 15 is 0 Å². The summed E-state index contributed by atoms with van der Waals surface area (Å²) in [5, 5.41) is 7.15. The van der Waals surface area contributed by atoms with Gasteiger partial charge in [-0.1, -0.05) is 41.4 Å². The molecule has 0 fully saturated rings. The molecule has 0 saturated carbocycles. The van der Waals surface area contributed by atoms with E-state index in [9.17, 15) is 4.79 Å². The van der Waals surface area contributed by atoms with Crippen molar-refractivity contribution in [1.82, 2.24) is 5.32 Å². The molecule has 2 aromatic carbocycles. The summed E-state index contributed by atoms with van der Waals surface area (Å²) in [6, 6.07) is 14.8. The fourth-order valence-corrected chi connectivity index (χ4v) is 3.26. The number of anilines is 1. The molecule has 0 radical (unpaired) electrons. The molecule has 2 atom stereocenters. The lowest BCUT2D eigenvalue weighted by molar-refractivity contribution is -0.118. The van der Waals surface area contributed by atoms with Crippen LogP contribution in [-0.2, 0) is 4.79 Å². The Balaban J connectivity index is 1.89. The van der Waals surface area contributed by atoms with E-state index in [1.54, 1.807) is 12.1 Å². The summed E-state index contributed by atoms with van der Waals surface area (Å²) in [4.78, 5) is 17.2. The lowest BCUT2D eigenvalue weighted by atomic mass is 9.87. The largest absolute Gasteiger partial charge is 0.353 e. The lowest BCUT2D eigenvalue weighted by Crippen LogP contribution is -2.45. The minimum absolute atomic E-state index is 0.125. The van der Waals surface area contributed by atoms with Gasteiger partial charge in [0.25, 0.3) is 0 Å².